The van der Waals surface area contributed by atoms with E-state index in [9.17, 15) is 9.90 Å². The first kappa shape index (κ1) is 11.5. The smallest absolute Gasteiger partial charge is 0.231 e. The molecule has 1 fully saturated rings. The van der Waals surface area contributed by atoms with Gasteiger partial charge >= 0.3 is 0 Å². The van der Waals surface area contributed by atoms with Crippen molar-refractivity contribution in [2.75, 3.05) is 25.0 Å². The average molecular weight is 246 g/mol. The van der Waals surface area contributed by atoms with E-state index in [1.54, 1.807) is 0 Å². The highest BCUT2D eigenvalue weighted by Gasteiger charge is 2.32. The average Bonchev–Trinajstić information content (AvgIpc) is 2.82. The third-order valence-corrected chi connectivity index (χ3v) is 3.91. The Labute approximate surface area is 107 Å². The summed E-state index contributed by atoms with van der Waals surface area (Å²) in [5.41, 5.74) is 2.18. The fourth-order valence-electron chi connectivity index (χ4n) is 2.81. The van der Waals surface area contributed by atoms with Crippen LogP contribution < -0.4 is 5.32 Å². The van der Waals surface area contributed by atoms with Crippen LogP contribution in [0.4, 0.5) is 5.69 Å². The van der Waals surface area contributed by atoms with Gasteiger partial charge < -0.3 is 15.3 Å². The lowest BCUT2D eigenvalue weighted by Gasteiger charge is -2.31. The maximum atomic E-state index is 12.5. The summed E-state index contributed by atoms with van der Waals surface area (Å²) < 4.78 is 0. The quantitative estimate of drug-likeness (QED) is 0.782. The summed E-state index contributed by atoms with van der Waals surface area (Å²) in [6.07, 6.45) is 1.17. The number of anilines is 1. The van der Waals surface area contributed by atoms with E-state index in [4.69, 9.17) is 0 Å². The number of piperidine rings is 1. The lowest BCUT2D eigenvalue weighted by atomic mass is 9.98. The number of rotatable bonds is 1. The highest BCUT2D eigenvalue weighted by molar-refractivity contribution is 5.88. The van der Waals surface area contributed by atoms with Gasteiger partial charge in [-0.1, -0.05) is 18.2 Å². The molecule has 2 aliphatic rings. The third kappa shape index (κ3) is 1.97. The number of carbonyl (C=O) groups is 1. The predicted molar refractivity (Wildman–Crippen MR) is 69.5 cm³/mol. The standard InChI is InChI=1S/C14H18N2O2/c17-10-5-7-16(8-6-10)14(18)12-9-15-13-4-2-1-3-11(12)13/h1-4,10,12,15,17H,5-9H2. The molecular weight excluding hydrogens is 228 g/mol. The first-order valence-corrected chi connectivity index (χ1v) is 6.55. The minimum Gasteiger partial charge on any atom is -0.393 e. The number of nitrogens with one attached hydrogen (secondary N) is 1. The fraction of sp³-hybridized carbons (Fsp3) is 0.500. The predicted octanol–water partition coefficient (Wildman–Crippen LogP) is 1.18. The molecule has 2 N–H and O–H groups in total. The summed E-state index contributed by atoms with van der Waals surface area (Å²) in [4.78, 5) is 14.4. The molecule has 0 bridgehead atoms. The second-order valence-corrected chi connectivity index (χ2v) is 5.08. The molecule has 1 aromatic carbocycles. The zero-order chi connectivity index (χ0) is 12.5. The maximum Gasteiger partial charge on any atom is 0.231 e. The lowest BCUT2D eigenvalue weighted by Crippen LogP contribution is -2.42. The molecule has 1 saturated heterocycles. The van der Waals surface area contributed by atoms with Crippen LogP contribution in [0.25, 0.3) is 0 Å². The Balaban J connectivity index is 1.74. The summed E-state index contributed by atoms with van der Waals surface area (Å²) in [6.45, 7) is 2.05. The van der Waals surface area contributed by atoms with E-state index in [1.807, 2.05) is 29.2 Å². The van der Waals surface area contributed by atoms with E-state index in [1.165, 1.54) is 0 Å². The number of fused-ring (bicyclic) bond motifs is 1. The van der Waals surface area contributed by atoms with Crippen LogP contribution in [0.1, 0.15) is 24.3 Å². The van der Waals surface area contributed by atoms with Crippen molar-refractivity contribution in [2.24, 2.45) is 0 Å². The van der Waals surface area contributed by atoms with Crippen LogP contribution in [0.3, 0.4) is 0 Å². The maximum absolute atomic E-state index is 12.5. The number of benzene rings is 1. The number of para-hydroxylation sites is 1. The van der Waals surface area contributed by atoms with Crippen molar-refractivity contribution in [1.29, 1.82) is 0 Å². The van der Waals surface area contributed by atoms with Crippen LogP contribution in [-0.4, -0.2) is 41.7 Å². The zero-order valence-electron chi connectivity index (χ0n) is 10.3. The van der Waals surface area contributed by atoms with E-state index in [2.05, 4.69) is 5.32 Å². The molecule has 2 heterocycles. The lowest BCUT2D eigenvalue weighted by molar-refractivity contribution is -0.134. The third-order valence-electron chi connectivity index (χ3n) is 3.91. The molecule has 0 spiro atoms. The molecule has 1 aromatic rings. The molecule has 0 aromatic heterocycles. The molecule has 1 amide bonds. The Bertz CT molecular complexity index is 453. The minimum absolute atomic E-state index is 0.0588. The second-order valence-electron chi connectivity index (χ2n) is 5.08. The van der Waals surface area contributed by atoms with Crippen molar-refractivity contribution in [3.63, 3.8) is 0 Å². The summed E-state index contributed by atoms with van der Waals surface area (Å²) in [7, 11) is 0. The van der Waals surface area contributed by atoms with E-state index in [-0.39, 0.29) is 17.9 Å². The van der Waals surface area contributed by atoms with Gasteiger partial charge in [0.25, 0.3) is 0 Å². The Morgan fingerprint density at radius 1 is 1.28 bits per heavy atom. The normalized spacial score (nSPS) is 23.6. The summed E-state index contributed by atoms with van der Waals surface area (Å²) in [5.74, 6) is 0.135. The van der Waals surface area contributed by atoms with Crippen LogP contribution in [0.5, 0.6) is 0 Å². The van der Waals surface area contributed by atoms with Crippen molar-refractivity contribution in [3.05, 3.63) is 29.8 Å². The number of carbonyl (C=O) groups excluding carboxylic acids is 1. The highest BCUT2D eigenvalue weighted by Crippen LogP contribution is 2.32. The van der Waals surface area contributed by atoms with Gasteiger partial charge in [-0.2, -0.15) is 0 Å². The van der Waals surface area contributed by atoms with Crippen LogP contribution >= 0.6 is 0 Å². The Hall–Kier alpha value is -1.55. The summed E-state index contributed by atoms with van der Waals surface area (Å²) in [6, 6.07) is 8.00. The monoisotopic (exact) mass is 246 g/mol. The molecule has 1 atom stereocenters. The first-order valence-electron chi connectivity index (χ1n) is 6.55. The van der Waals surface area contributed by atoms with Crippen molar-refractivity contribution in [2.45, 2.75) is 24.9 Å². The van der Waals surface area contributed by atoms with Crippen LogP contribution in [0, 0.1) is 0 Å². The van der Waals surface area contributed by atoms with Gasteiger partial charge in [-0.15, -0.1) is 0 Å². The summed E-state index contributed by atoms with van der Waals surface area (Å²) in [5, 5.41) is 12.8. The van der Waals surface area contributed by atoms with Gasteiger partial charge in [0.1, 0.15) is 0 Å². The van der Waals surface area contributed by atoms with Gasteiger partial charge in [0.05, 0.1) is 12.0 Å². The van der Waals surface area contributed by atoms with Crippen LogP contribution in [0.15, 0.2) is 24.3 Å². The molecule has 0 saturated carbocycles. The number of hydrogen-bond donors (Lipinski definition) is 2. The number of hydrogen-bond acceptors (Lipinski definition) is 3. The Morgan fingerprint density at radius 2 is 2.00 bits per heavy atom. The van der Waals surface area contributed by atoms with Crippen molar-refractivity contribution in [3.8, 4) is 0 Å². The van der Waals surface area contributed by atoms with Crippen LogP contribution in [-0.2, 0) is 4.79 Å². The van der Waals surface area contributed by atoms with Crippen molar-refractivity contribution in [1.82, 2.24) is 4.90 Å². The molecule has 4 nitrogen and oxygen atoms in total. The van der Waals surface area contributed by atoms with Gasteiger partial charge in [-0.3, -0.25) is 4.79 Å². The van der Waals surface area contributed by atoms with Gasteiger partial charge in [-0.25, -0.2) is 0 Å². The van der Waals surface area contributed by atoms with Crippen molar-refractivity contribution >= 4 is 11.6 Å². The van der Waals surface area contributed by atoms with E-state index < -0.39 is 0 Å². The minimum atomic E-state index is -0.233. The number of aliphatic hydroxyl groups excluding tert-OH is 1. The Morgan fingerprint density at radius 3 is 2.78 bits per heavy atom. The van der Waals surface area contributed by atoms with Gasteiger partial charge in [0.15, 0.2) is 0 Å². The van der Waals surface area contributed by atoms with Gasteiger partial charge in [0.2, 0.25) is 5.91 Å². The zero-order valence-corrected chi connectivity index (χ0v) is 10.3. The molecule has 1 unspecified atom stereocenters. The molecule has 0 radical (unpaired) electrons. The number of likely N-dealkylation sites (tertiary alicyclic amines) is 1. The molecule has 4 heteroatoms. The fourth-order valence-corrected chi connectivity index (χ4v) is 2.81. The second kappa shape index (κ2) is 4.61. The molecule has 18 heavy (non-hydrogen) atoms. The topological polar surface area (TPSA) is 52.6 Å². The largest absolute Gasteiger partial charge is 0.393 e. The number of aliphatic hydroxyl groups is 1. The molecule has 2 aliphatic heterocycles. The molecule has 0 aliphatic carbocycles. The first-order chi connectivity index (χ1) is 8.75. The van der Waals surface area contributed by atoms with Crippen LogP contribution in [0.2, 0.25) is 0 Å². The Kier molecular flexibility index (Phi) is 2.96. The SMILES string of the molecule is O=C(C1CNc2ccccc21)N1CCC(O)CC1. The van der Waals surface area contributed by atoms with Gasteiger partial charge in [-0.05, 0) is 24.5 Å². The number of nitrogens with zero attached hydrogens (tertiary/aromatic N) is 1. The van der Waals surface area contributed by atoms with E-state index in [0.717, 1.165) is 11.3 Å². The molecular formula is C14H18N2O2. The number of amides is 1. The highest BCUT2D eigenvalue weighted by atomic mass is 16.3. The molecule has 96 valence electrons. The van der Waals surface area contributed by atoms with E-state index in [0.29, 0.717) is 32.5 Å². The van der Waals surface area contributed by atoms with Gasteiger partial charge in [0, 0.05) is 25.3 Å². The van der Waals surface area contributed by atoms with E-state index >= 15 is 0 Å². The van der Waals surface area contributed by atoms with Crippen molar-refractivity contribution < 1.29 is 9.90 Å². The molecule has 3 rings (SSSR count). The summed E-state index contributed by atoms with van der Waals surface area (Å²) >= 11 is 0.